The first-order chi connectivity index (χ1) is 16.8. The van der Waals surface area contributed by atoms with E-state index >= 15 is 0 Å². The summed E-state index contributed by atoms with van der Waals surface area (Å²) in [7, 11) is 0. The van der Waals surface area contributed by atoms with E-state index in [2.05, 4.69) is 0 Å². The fourth-order valence-electron chi connectivity index (χ4n) is 5.55. The number of aromatic hydroxyl groups is 1. The standard InChI is InChI=1S/C27H31NO8/c1-27(2,3)11-36-18(31)7-5-12-4-6-16(29)21-15(12)9-13-8-14-10-17(30)22(26(28)35)25(34)20(14)23(32)19(13)24(21)33/h4,6,13-14,20,29,33-34H,5,7-11H2,1-3H3,(H2,28,35). The molecule has 1 fully saturated rings. The van der Waals surface area contributed by atoms with Crippen LogP contribution in [-0.4, -0.2) is 45.4 Å². The van der Waals surface area contributed by atoms with Crippen LogP contribution in [0.25, 0.3) is 5.76 Å². The van der Waals surface area contributed by atoms with E-state index in [1.165, 1.54) is 6.07 Å². The number of aryl methyl sites for hydroxylation is 1. The summed E-state index contributed by atoms with van der Waals surface area (Å²) >= 11 is 0. The Kier molecular flexibility index (Phi) is 6.45. The number of rotatable bonds is 5. The second-order valence-electron chi connectivity index (χ2n) is 11.1. The van der Waals surface area contributed by atoms with E-state index in [1.54, 1.807) is 6.07 Å². The normalized spacial score (nSPS) is 23.7. The molecular formula is C27H31NO8. The molecule has 0 heterocycles. The average molecular weight is 498 g/mol. The van der Waals surface area contributed by atoms with Crippen LogP contribution in [0.3, 0.4) is 0 Å². The summed E-state index contributed by atoms with van der Waals surface area (Å²) in [5, 5.41) is 32.3. The summed E-state index contributed by atoms with van der Waals surface area (Å²) in [6.07, 6.45) is 0.959. The summed E-state index contributed by atoms with van der Waals surface area (Å²) in [5.41, 5.74) is 6.09. The SMILES string of the molecule is CC(C)(C)COC(=O)CCc1ccc(O)c2c1CC1CC3CC(=O)C(C(N)=O)=C(O)C3C(=O)C1=C2O. The van der Waals surface area contributed by atoms with E-state index in [4.69, 9.17) is 10.5 Å². The number of hydrogen-bond acceptors (Lipinski definition) is 8. The number of ether oxygens (including phenoxy) is 1. The van der Waals surface area contributed by atoms with Crippen LogP contribution in [-0.2, 0) is 36.8 Å². The van der Waals surface area contributed by atoms with Gasteiger partial charge >= 0.3 is 5.97 Å². The number of nitrogens with two attached hydrogens (primary N) is 1. The summed E-state index contributed by atoms with van der Waals surface area (Å²) < 4.78 is 5.34. The molecule has 4 rings (SSSR count). The Labute approximate surface area is 208 Å². The summed E-state index contributed by atoms with van der Waals surface area (Å²) in [6.45, 7) is 6.17. The van der Waals surface area contributed by atoms with Crippen molar-refractivity contribution in [2.75, 3.05) is 6.61 Å². The lowest BCUT2D eigenvalue weighted by Crippen LogP contribution is -2.44. The van der Waals surface area contributed by atoms with E-state index < -0.39 is 46.6 Å². The highest BCUT2D eigenvalue weighted by Crippen LogP contribution is 2.50. The van der Waals surface area contributed by atoms with Gasteiger partial charge in [0.25, 0.3) is 5.91 Å². The van der Waals surface area contributed by atoms with Gasteiger partial charge in [-0.05, 0) is 53.7 Å². The van der Waals surface area contributed by atoms with Crippen molar-refractivity contribution in [3.05, 3.63) is 45.7 Å². The van der Waals surface area contributed by atoms with Crippen LogP contribution < -0.4 is 5.73 Å². The summed E-state index contributed by atoms with van der Waals surface area (Å²) in [5.74, 6) is -6.02. The van der Waals surface area contributed by atoms with Crippen LogP contribution in [0.5, 0.6) is 5.75 Å². The molecular weight excluding hydrogens is 466 g/mol. The van der Waals surface area contributed by atoms with E-state index in [1.807, 2.05) is 20.8 Å². The van der Waals surface area contributed by atoms with Gasteiger partial charge in [-0.2, -0.15) is 0 Å². The van der Waals surface area contributed by atoms with Gasteiger partial charge in [-0.25, -0.2) is 0 Å². The predicted molar refractivity (Wildman–Crippen MR) is 129 cm³/mol. The number of esters is 1. The van der Waals surface area contributed by atoms with Crippen molar-refractivity contribution >= 4 is 29.2 Å². The molecule has 9 nitrogen and oxygen atoms in total. The monoisotopic (exact) mass is 497 g/mol. The Morgan fingerprint density at radius 3 is 2.44 bits per heavy atom. The number of hydrogen-bond donors (Lipinski definition) is 4. The quantitative estimate of drug-likeness (QED) is 0.356. The number of ketones is 2. The fourth-order valence-corrected chi connectivity index (χ4v) is 5.55. The molecule has 0 bridgehead atoms. The molecule has 3 atom stereocenters. The zero-order valence-corrected chi connectivity index (χ0v) is 20.6. The minimum absolute atomic E-state index is 0.0607. The van der Waals surface area contributed by atoms with Gasteiger partial charge in [-0.3, -0.25) is 19.2 Å². The maximum atomic E-state index is 13.4. The van der Waals surface area contributed by atoms with Crippen LogP contribution in [0.4, 0.5) is 0 Å². The van der Waals surface area contributed by atoms with Gasteiger partial charge in [0.1, 0.15) is 22.8 Å². The number of primary amides is 1. The lowest BCUT2D eigenvalue weighted by molar-refractivity contribution is -0.146. The third-order valence-corrected chi connectivity index (χ3v) is 7.13. The smallest absolute Gasteiger partial charge is 0.306 e. The highest BCUT2D eigenvalue weighted by molar-refractivity contribution is 6.21. The fraction of sp³-hybridized carbons (Fsp3) is 0.481. The molecule has 3 aliphatic carbocycles. The Balaban J connectivity index is 1.67. The van der Waals surface area contributed by atoms with Crippen molar-refractivity contribution in [3.8, 4) is 5.75 Å². The van der Waals surface area contributed by atoms with Crippen molar-refractivity contribution in [1.82, 2.24) is 0 Å². The van der Waals surface area contributed by atoms with Gasteiger partial charge in [-0.1, -0.05) is 26.8 Å². The number of benzene rings is 1. The molecule has 0 aliphatic heterocycles. The minimum atomic E-state index is -1.15. The molecule has 9 heteroatoms. The summed E-state index contributed by atoms with van der Waals surface area (Å²) in [6, 6.07) is 3.10. The van der Waals surface area contributed by atoms with E-state index in [0.717, 1.165) is 5.56 Å². The zero-order valence-electron chi connectivity index (χ0n) is 20.6. The molecule has 1 aromatic rings. The second kappa shape index (κ2) is 9.11. The van der Waals surface area contributed by atoms with Gasteiger partial charge in [0.05, 0.1) is 18.1 Å². The Hall–Kier alpha value is -3.62. The molecule has 1 amide bonds. The van der Waals surface area contributed by atoms with E-state index in [9.17, 15) is 34.5 Å². The maximum absolute atomic E-state index is 13.4. The third kappa shape index (κ3) is 4.50. The number of allylic oxidation sites excluding steroid dienone is 2. The molecule has 5 N–H and O–H groups in total. The molecule has 1 aromatic carbocycles. The molecule has 0 aromatic heterocycles. The molecule has 1 saturated carbocycles. The number of phenols is 1. The van der Waals surface area contributed by atoms with Gasteiger partial charge in [0.2, 0.25) is 0 Å². The number of Topliss-reactive ketones (excluding diaryl/α,β-unsaturated/α-hetero) is 2. The largest absolute Gasteiger partial charge is 0.511 e. The minimum Gasteiger partial charge on any atom is -0.511 e. The zero-order chi connectivity index (χ0) is 26.5. The molecule has 36 heavy (non-hydrogen) atoms. The predicted octanol–water partition coefficient (Wildman–Crippen LogP) is 2.83. The van der Waals surface area contributed by atoms with Crippen molar-refractivity contribution in [1.29, 1.82) is 0 Å². The van der Waals surface area contributed by atoms with E-state index in [-0.39, 0.29) is 53.5 Å². The van der Waals surface area contributed by atoms with Gasteiger partial charge < -0.3 is 25.8 Å². The lowest BCUT2D eigenvalue weighted by Gasteiger charge is -2.41. The Bertz CT molecular complexity index is 1230. The number of carbonyl (C=O) groups is 4. The van der Waals surface area contributed by atoms with Crippen LogP contribution in [0.2, 0.25) is 0 Å². The first-order valence-corrected chi connectivity index (χ1v) is 12.0. The second-order valence-corrected chi connectivity index (χ2v) is 11.1. The molecule has 3 unspecified atom stereocenters. The molecule has 192 valence electrons. The van der Waals surface area contributed by atoms with Crippen LogP contribution in [0, 0.1) is 23.2 Å². The third-order valence-electron chi connectivity index (χ3n) is 7.13. The van der Waals surface area contributed by atoms with Crippen LogP contribution in [0.15, 0.2) is 29.0 Å². The molecule has 0 saturated heterocycles. The number of carbonyl (C=O) groups excluding carboxylic acids is 4. The first kappa shape index (κ1) is 25.5. The Morgan fingerprint density at radius 1 is 1.11 bits per heavy atom. The molecule has 3 aliphatic rings. The van der Waals surface area contributed by atoms with Crippen molar-refractivity contribution in [2.24, 2.45) is 28.9 Å². The van der Waals surface area contributed by atoms with Crippen molar-refractivity contribution in [2.45, 2.75) is 52.9 Å². The number of amides is 1. The van der Waals surface area contributed by atoms with Gasteiger partial charge in [-0.15, -0.1) is 0 Å². The molecule has 0 spiro atoms. The number of fused-ring (bicyclic) bond motifs is 3. The number of phenolic OH excluding ortho intramolecular Hbond substituents is 1. The van der Waals surface area contributed by atoms with Gasteiger partial charge in [0.15, 0.2) is 11.6 Å². The highest BCUT2D eigenvalue weighted by Gasteiger charge is 2.50. The van der Waals surface area contributed by atoms with Crippen LogP contribution in [0.1, 0.15) is 56.7 Å². The number of aliphatic hydroxyl groups is 2. The van der Waals surface area contributed by atoms with Crippen LogP contribution >= 0.6 is 0 Å². The topological polar surface area (TPSA) is 164 Å². The number of aliphatic hydroxyl groups excluding tert-OH is 2. The lowest BCUT2D eigenvalue weighted by atomic mass is 9.61. The average Bonchev–Trinajstić information content (AvgIpc) is 2.75. The highest BCUT2D eigenvalue weighted by atomic mass is 16.5. The Morgan fingerprint density at radius 2 is 1.81 bits per heavy atom. The van der Waals surface area contributed by atoms with Crippen molar-refractivity contribution < 1.29 is 39.2 Å². The maximum Gasteiger partial charge on any atom is 0.306 e. The molecule has 0 radical (unpaired) electrons. The van der Waals surface area contributed by atoms with E-state index in [0.29, 0.717) is 24.8 Å². The summed E-state index contributed by atoms with van der Waals surface area (Å²) in [4.78, 5) is 49.8. The van der Waals surface area contributed by atoms with Gasteiger partial charge in [0, 0.05) is 18.4 Å². The first-order valence-electron chi connectivity index (χ1n) is 12.0. The van der Waals surface area contributed by atoms with Crippen molar-refractivity contribution in [3.63, 3.8) is 0 Å².